The first-order valence-corrected chi connectivity index (χ1v) is 6.36. The van der Waals surface area contributed by atoms with Crippen molar-refractivity contribution in [3.8, 4) is 0 Å². The number of carbonyl (C=O) groups is 1. The second-order valence-corrected chi connectivity index (χ2v) is 5.20. The topological polar surface area (TPSA) is 46.3 Å². The largest absolute Gasteiger partial charge is 0.336 e. The lowest BCUT2D eigenvalue weighted by atomic mass is 10.1. The van der Waals surface area contributed by atoms with Crippen molar-refractivity contribution < 1.29 is 9.18 Å². The fourth-order valence-corrected chi connectivity index (χ4v) is 2.57. The van der Waals surface area contributed by atoms with Crippen molar-refractivity contribution >= 4 is 29.9 Å². The summed E-state index contributed by atoms with van der Waals surface area (Å²) in [5, 5.41) is 0.290. The second-order valence-electron chi connectivity index (χ2n) is 4.77. The van der Waals surface area contributed by atoms with Crippen LogP contribution in [0.15, 0.2) is 18.2 Å². The van der Waals surface area contributed by atoms with Crippen molar-refractivity contribution in [2.24, 2.45) is 11.7 Å². The molecule has 1 aromatic rings. The van der Waals surface area contributed by atoms with Gasteiger partial charge in [0, 0.05) is 17.6 Å². The van der Waals surface area contributed by atoms with E-state index in [1.165, 1.54) is 12.1 Å². The molecular weight excluding hydrogens is 290 g/mol. The van der Waals surface area contributed by atoms with Crippen LogP contribution in [0.25, 0.3) is 0 Å². The molecular formula is C13H17Cl2FN2O. The van der Waals surface area contributed by atoms with Gasteiger partial charge in [0.1, 0.15) is 5.82 Å². The number of carbonyl (C=O) groups excluding carboxylic acids is 1. The lowest BCUT2D eigenvalue weighted by Gasteiger charge is -2.21. The molecule has 0 spiro atoms. The van der Waals surface area contributed by atoms with Gasteiger partial charge in [-0.3, -0.25) is 4.79 Å². The predicted molar refractivity (Wildman–Crippen MR) is 76.3 cm³/mol. The van der Waals surface area contributed by atoms with E-state index in [0.29, 0.717) is 24.0 Å². The van der Waals surface area contributed by atoms with Gasteiger partial charge < -0.3 is 10.6 Å². The first kappa shape index (κ1) is 16.2. The first-order chi connectivity index (χ1) is 8.52. The van der Waals surface area contributed by atoms with E-state index in [0.717, 1.165) is 12.5 Å². The van der Waals surface area contributed by atoms with Crippen molar-refractivity contribution in [3.05, 3.63) is 34.6 Å². The summed E-state index contributed by atoms with van der Waals surface area (Å²) in [5.74, 6) is -0.553. The molecule has 2 atom stereocenters. The van der Waals surface area contributed by atoms with Crippen molar-refractivity contribution in [2.75, 3.05) is 13.1 Å². The maximum atomic E-state index is 13.7. The summed E-state index contributed by atoms with van der Waals surface area (Å²) >= 11 is 5.67. The van der Waals surface area contributed by atoms with Gasteiger partial charge in [0.15, 0.2) is 0 Å². The van der Waals surface area contributed by atoms with E-state index >= 15 is 0 Å². The number of likely N-dealkylation sites (tertiary alicyclic amines) is 1. The average Bonchev–Trinajstić information content (AvgIpc) is 2.70. The van der Waals surface area contributed by atoms with Crippen LogP contribution in [0.1, 0.15) is 23.7 Å². The molecule has 3 nitrogen and oxygen atoms in total. The third kappa shape index (κ3) is 3.38. The highest BCUT2D eigenvalue weighted by molar-refractivity contribution is 6.30. The summed E-state index contributed by atoms with van der Waals surface area (Å²) in [6.45, 7) is 3.11. The fraction of sp³-hybridized carbons (Fsp3) is 0.462. The molecule has 2 rings (SSSR count). The summed E-state index contributed by atoms with van der Waals surface area (Å²) in [4.78, 5) is 13.9. The molecule has 0 aromatic heterocycles. The van der Waals surface area contributed by atoms with Crippen LogP contribution in [-0.2, 0) is 0 Å². The number of rotatable bonds is 2. The normalized spacial score (nSPS) is 22.2. The van der Waals surface area contributed by atoms with Gasteiger partial charge in [0.25, 0.3) is 5.91 Å². The Morgan fingerprint density at radius 2 is 2.26 bits per heavy atom. The average molecular weight is 307 g/mol. The van der Waals surface area contributed by atoms with Gasteiger partial charge in [-0.1, -0.05) is 11.6 Å². The summed E-state index contributed by atoms with van der Waals surface area (Å²) in [6.07, 6.45) is 0.872. The minimum absolute atomic E-state index is 0. The van der Waals surface area contributed by atoms with Gasteiger partial charge in [0.2, 0.25) is 0 Å². The second kappa shape index (κ2) is 6.55. The Bertz CT molecular complexity index is 470. The van der Waals surface area contributed by atoms with Crippen LogP contribution in [0, 0.1) is 11.7 Å². The zero-order chi connectivity index (χ0) is 13.3. The Balaban J connectivity index is 0.00000180. The van der Waals surface area contributed by atoms with Gasteiger partial charge in [-0.25, -0.2) is 4.39 Å². The molecule has 0 bridgehead atoms. The van der Waals surface area contributed by atoms with Gasteiger partial charge in [-0.15, -0.1) is 12.4 Å². The molecule has 1 aliphatic rings. The van der Waals surface area contributed by atoms with E-state index in [1.54, 1.807) is 4.90 Å². The number of hydrogen-bond donors (Lipinski definition) is 1. The number of nitrogens with two attached hydrogens (primary N) is 1. The Morgan fingerprint density at radius 1 is 1.58 bits per heavy atom. The quantitative estimate of drug-likeness (QED) is 0.913. The number of benzene rings is 1. The minimum Gasteiger partial charge on any atom is -0.336 e. The molecule has 1 amide bonds. The maximum absolute atomic E-state index is 13.7. The van der Waals surface area contributed by atoms with Crippen molar-refractivity contribution in [1.82, 2.24) is 4.90 Å². The van der Waals surface area contributed by atoms with Crippen molar-refractivity contribution in [1.29, 1.82) is 0 Å². The van der Waals surface area contributed by atoms with Gasteiger partial charge in [-0.05, 0) is 44.0 Å². The monoisotopic (exact) mass is 306 g/mol. The van der Waals surface area contributed by atoms with Gasteiger partial charge in [0.05, 0.1) is 5.56 Å². The molecule has 1 aromatic carbocycles. The minimum atomic E-state index is -0.573. The van der Waals surface area contributed by atoms with Crippen LogP contribution in [0.3, 0.4) is 0 Å². The molecule has 2 unspecified atom stereocenters. The molecule has 106 valence electrons. The number of nitrogens with zero attached hydrogens (tertiary/aromatic N) is 1. The third-order valence-electron chi connectivity index (χ3n) is 3.42. The van der Waals surface area contributed by atoms with Crippen LogP contribution in [0.5, 0.6) is 0 Å². The lowest BCUT2D eigenvalue weighted by Crippen LogP contribution is -2.35. The van der Waals surface area contributed by atoms with Crippen molar-refractivity contribution in [2.45, 2.75) is 19.4 Å². The molecule has 1 heterocycles. The summed E-state index contributed by atoms with van der Waals surface area (Å²) < 4.78 is 13.7. The Morgan fingerprint density at radius 3 is 2.79 bits per heavy atom. The standard InChI is InChI=1S/C13H16ClFN2O.ClH/c1-8-4-9(6-16)7-17(8)13(18)11-3-2-10(14)5-12(11)15;/h2-3,5,8-9H,4,6-7,16H2,1H3;1H. The molecule has 6 heteroatoms. The van der Waals surface area contributed by atoms with E-state index in [-0.39, 0.29) is 29.9 Å². The molecule has 1 aliphatic heterocycles. The van der Waals surface area contributed by atoms with Crippen LogP contribution >= 0.6 is 24.0 Å². The van der Waals surface area contributed by atoms with E-state index in [9.17, 15) is 9.18 Å². The SMILES string of the molecule is CC1CC(CN)CN1C(=O)c1ccc(Cl)cc1F.Cl. The summed E-state index contributed by atoms with van der Waals surface area (Å²) in [6, 6.07) is 4.22. The Kier molecular flexibility index (Phi) is 5.59. The number of amides is 1. The summed E-state index contributed by atoms with van der Waals surface area (Å²) in [5.41, 5.74) is 5.69. The van der Waals surface area contributed by atoms with E-state index in [1.807, 2.05) is 6.92 Å². The predicted octanol–water partition coefficient (Wildman–Crippen LogP) is 2.71. The Hall–Kier alpha value is -0.840. The highest BCUT2D eigenvalue weighted by Gasteiger charge is 2.33. The summed E-state index contributed by atoms with van der Waals surface area (Å²) in [7, 11) is 0. The van der Waals surface area contributed by atoms with Crippen LogP contribution in [0.4, 0.5) is 4.39 Å². The fourth-order valence-electron chi connectivity index (χ4n) is 2.41. The van der Waals surface area contributed by atoms with E-state index in [2.05, 4.69) is 0 Å². The van der Waals surface area contributed by atoms with Crippen LogP contribution in [-0.4, -0.2) is 29.9 Å². The van der Waals surface area contributed by atoms with E-state index < -0.39 is 5.82 Å². The van der Waals surface area contributed by atoms with Crippen LogP contribution < -0.4 is 5.73 Å². The van der Waals surface area contributed by atoms with Gasteiger partial charge in [-0.2, -0.15) is 0 Å². The van der Waals surface area contributed by atoms with Crippen molar-refractivity contribution in [3.63, 3.8) is 0 Å². The first-order valence-electron chi connectivity index (χ1n) is 5.99. The Labute approximate surface area is 123 Å². The molecule has 0 saturated carbocycles. The highest BCUT2D eigenvalue weighted by Crippen LogP contribution is 2.25. The highest BCUT2D eigenvalue weighted by atomic mass is 35.5. The number of halogens is 3. The molecule has 0 aliphatic carbocycles. The zero-order valence-electron chi connectivity index (χ0n) is 10.6. The van der Waals surface area contributed by atoms with Crippen LogP contribution in [0.2, 0.25) is 5.02 Å². The molecule has 19 heavy (non-hydrogen) atoms. The molecule has 1 saturated heterocycles. The third-order valence-corrected chi connectivity index (χ3v) is 3.65. The number of hydrogen-bond acceptors (Lipinski definition) is 2. The zero-order valence-corrected chi connectivity index (χ0v) is 12.2. The smallest absolute Gasteiger partial charge is 0.257 e. The maximum Gasteiger partial charge on any atom is 0.257 e. The van der Waals surface area contributed by atoms with Gasteiger partial charge >= 0.3 is 0 Å². The lowest BCUT2D eigenvalue weighted by molar-refractivity contribution is 0.0738. The molecule has 0 radical (unpaired) electrons. The van der Waals surface area contributed by atoms with E-state index in [4.69, 9.17) is 17.3 Å². The molecule has 2 N–H and O–H groups in total. The molecule has 1 fully saturated rings.